The van der Waals surface area contributed by atoms with Gasteiger partial charge in [-0.25, -0.2) is 0 Å². The smallest absolute Gasteiger partial charge is 0.220 e. The summed E-state index contributed by atoms with van der Waals surface area (Å²) in [6.07, 6.45) is 28.8. The Hall–Kier alpha value is -0.790. The van der Waals surface area contributed by atoms with Gasteiger partial charge in [-0.1, -0.05) is 89.7 Å². The molecule has 1 rings (SSSR count). The molecule has 1 N–H and O–H groups in total. The predicted molar refractivity (Wildman–Crippen MR) is 114 cm³/mol. The van der Waals surface area contributed by atoms with E-state index < -0.39 is 0 Å². The summed E-state index contributed by atoms with van der Waals surface area (Å²) < 4.78 is 0. The molecular formula is C24H45NO. The van der Waals surface area contributed by atoms with Crippen LogP contribution in [0.25, 0.3) is 0 Å². The number of carbonyl (C=O) groups is 1. The molecule has 0 bridgehead atoms. The zero-order valence-corrected chi connectivity index (χ0v) is 17.6. The molecule has 0 aromatic rings. The Morgan fingerprint density at radius 1 is 0.769 bits per heavy atom. The first kappa shape index (κ1) is 23.2. The van der Waals surface area contributed by atoms with Crippen molar-refractivity contribution in [3.63, 3.8) is 0 Å². The predicted octanol–water partition coefficient (Wildman–Crippen LogP) is 7.47. The van der Waals surface area contributed by atoms with Gasteiger partial charge in [-0.15, -0.1) is 0 Å². The summed E-state index contributed by atoms with van der Waals surface area (Å²) in [5, 5.41) is 3.22. The van der Waals surface area contributed by atoms with E-state index >= 15 is 0 Å². The SMILES string of the molecule is CCCCCCCCC=CCCCCCCCC(=O)NC1CCCCC1. The fourth-order valence-electron chi connectivity index (χ4n) is 3.90. The van der Waals surface area contributed by atoms with Crippen LogP contribution in [0.1, 0.15) is 129 Å². The number of carbonyl (C=O) groups excluding carboxylic acids is 1. The van der Waals surface area contributed by atoms with Gasteiger partial charge >= 0.3 is 0 Å². The Kier molecular flexibility index (Phi) is 15.8. The van der Waals surface area contributed by atoms with Crippen LogP contribution in [-0.2, 0) is 4.79 Å². The third-order valence-corrected chi connectivity index (χ3v) is 5.64. The van der Waals surface area contributed by atoms with E-state index in [1.807, 2.05) is 0 Å². The van der Waals surface area contributed by atoms with Crippen LogP contribution in [0.5, 0.6) is 0 Å². The summed E-state index contributed by atoms with van der Waals surface area (Å²) in [4.78, 5) is 11.9. The van der Waals surface area contributed by atoms with Gasteiger partial charge in [-0.2, -0.15) is 0 Å². The normalized spacial score (nSPS) is 15.6. The van der Waals surface area contributed by atoms with Crippen LogP contribution in [-0.4, -0.2) is 11.9 Å². The molecule has 1 amide bonds. The number of hydrogen-bond acceptors (Lipinski definition) is 1. The van der Waals surface area contributed by atoms with Crippen molar-refractivity contribution in [3.8, 4) is 0 Å². The molecule has 0 aliphatic heterocycles. The summed E-state index contributed by atoms with van der Waals surface area (Å²) in [5.41, 5.74) is 0. The fraction of sp³-hybridized carbons (Fsp3) is 0.875. The lowest BCUT2D eigenvalue weighted by Gasteiger charge is -2.22. The lowest BCUT2D eigenvalue weighted by atomic mass is 9.95. The van der Waals surface area contributed by atoms with Gasteiger partial charge in [0.25, 0.3) is 0 Å². The molecule has 1 fully saturated rings. The van der Waals surface area contributed by atoms with Crippen LogP contribution < -0.4 is 5.32 Å². The summed E-state index contributed by atoms with van der Waals surface area (Å²) in [7, 11) is 0. The van der Waals surface area contributed by atoms with Crippen LogP contribution >= 0.6 is 0 Å². The maximum Gasteiger partial charge on any atom is 0.220 e. The number of hydrogen-bond donors (Lipinski definition) is 1. The highest BCUT2D eigenvalue weighted by Crippen LogP contribution is 2.17. The molecule has 2 nitrogen and oxygen atoms in total. The second kappa shape index (κ2) is 17.6. The first-order valence-corrected chi connectivity index (χ1v) is 11.8. The quantitative estimate of drug-likeness (QED) is 0.223. The van der Waals surface area contributed by atoms with E-state index in [4.69, 9.17) is 0 Å². The van der Waals surface area contributed by atoms with Gasteiger partial charge in [0.05, 0.1) is 0 Å². The maximum absolute atomic E-state index is 11.9. The topological polar surface area (TPSA) is 29.1 Å². The van der Waals surface area contributed by atoms with Gasteiger partial charge in [-0.3, -0.25) is 4.79 Å². The van der Waals surface area contributed by atoms with Gasteiger partial charge in [0.1, 0.15) is 0 Å². The highest BCUT2D eigenvalue weighted by Gasteiger charge is 2.14. The second-order valence-electron chi connectivity index (χ2n) is 8.24. The van der Waals surface area contributed by atoms with Gasteiger partial charge in [0.15, 0.2) is 0 Å². The second-order valence-corrected chi connectivity index (χ2v) is 8.24. The molecule has 1 saturated carbocycles. The Morgan fingerprint density at radius 2 is 1.31 bits per heavy atom. The summed E-state index contributed by atoms with van der Waals surface area (Å²) in [5.74, 6) is 0.287. The van der Waals surface area contributed by atoms with Crippen molar-refractivity contribution < 1.29 is 4.79 Å². The van der Waals surface area contributed by atoms with E-state index in [0.29, 0.717) is 6.04 Å². The van der Waals surface area contributed by atoms with E-state index in [1.165, 1.54) is 109 Å². The van der Waals surface area contributed by atoms with Crippen molar-refractivity contribution >= 4 is 5.91 Å². The molecule has 1 aliphatic carbocycles. The van der Waals surface area contributed by atoms with Gasteiger partial charge in [0, 0.05) is 12.5 Å². The molecule has 0 unspecified atom stereocenters. The van der Waals surface area contributed by atoms with Crippen molar-refractivity contribution in [1.82, 2.24) is 5.32 Å². The van der Waals surface area contributed by atoms with Gasteiger partial charge in [0.2, 0.25) is 5.91 Å². The molecule has 0 saturated heterocycles. The van der Waals surface area contributed by atoms with Crippen molar-refractivity contribution in [2.24, 2.45) is 0 Å². The van der Waals surface area contributed by atoms with Crippen LogP contribution in [0.3, 0.4) is 0 Å². The number of unbranched alkanes of at least 4 members (excludes halogenated alkanes) is 11. The minimum Gasteiger partial charge on any atom is -0.353 e. The van der Waals surface area contributed by atoms with Crippen molar-refractivity contribution in [3.05, 3.63) is 12.2 Å². The van der Waals surface area contributed by atoms with Crippen LogP contribution in [0, 0.1) is 0 Å². The van der Waals surface area contributed by atoms with E-state index in [0.717, 1.165) is 12.8 Å². The Balaban J connectivity index is 1.78. The molecule has 0 spiro atoms. The van der Waals surface area contributed by atoms with Crippen LogP contribution in [0.4, 0.5) is 0 Å². The van der Waals surface area contributed by atoms with Crippen LogP contribution in [0.15, 0.2) is 12.2 Å². The molecule has 0 aromatic carbocycles. The van der Waals surface area contributed by atoms with E-state index in [-0.39, 0.29) is 5.91 Å². The van der Waals surface area contributed by atoms with E-state index in [1.54, 1.807) is 0 Å². The molecular weight excluding hydrogens is 318 g/mol. The number of rotatable bonds is 16. The summed E-state index contributed by atoms with van der Waals surface area (Å²) in [6, 6.07) is 0.472. The van der Waals surface area contributed by atoms with E-state index in [2.05, 4.69) is 24.4 Å². The lowest BCUT2D eigenvalue weighted by Crippen LogP contribution is -2.35. The number of nitrogens with one attached hydrogen (secondary N) is 1. The lowest BCUT2D eigenvalue weighted by molar-refractivity contribution is -0.122. The van der Waals surface area contributed by atoms with E-state index in [9.17, 15) is 4.79 Å². The van der Waals surface area contributed by atoms with Crippen molar-refractivity contribution in [2.45, 2.75) is 135 Å². The average Bonchev–Trinajstić information content (AvgIpc) is 2.65. The molecule has 2 heteroatoms. The van der Waals surface area contributed by atoms with Crippen molar-refractivity contribution in [2.75, 3.05) is 0 Å². The Bertz CT molecular complexity index is 344. The number of amides is 1. The summed E-state index contributed by atoms with van der Waals surface area (Å²) >= 11 is 0. The Labute approximate surface area is 163 Å². The average molecular weight is 364 g/mol. The minimum atomic E-state index is 0.287. The molecule has 0 radical (unpaired) electrons. The Morgan fingerprint density at radius 3 is 1.92 bits per heavy atom. The fourth-order valence-corrected chi connectivity index (χ4v) is 3.90. The molecule has 1 aliphatic rings. The van der Waals surface area contributed by atoms with Gasteiger partial charge < -0.3 is 5.32 Å². The minimum absolute atomic E-state index is 0.287. The van der Waals surface area contributed by atoms with Crippen LogP contribution in [0.2, 0.25) is 0 Å². The highest BCUT2D eigenvalue weighted by molar-refractivity contribution is 5.76. The molecule has 0 atom stereocenters. The highest BCUT2D eigenvalue weighted by atomic mass is 16.1. The van der Waals surface area contributed by atoms with Crippen molar-refractivity contribution in [1.29, 1.82) is 0 Å². The molecule has 26 heavy (non-hydrogen) atoms. The third kappa shape index (κ3) is 14.4. The molecule has 0 aromatic heterocycles. The standard InChI is InChI=1S/C24H45NO/c1-2-3-4-5-6-7-8-9-10-11-12-13-14-15-19-22-24(26)25-23-20-17-16-18-21-23/h9-10,23H,2-8,11-22H2,1H3,(H,25,26). The molecule has 152 valence electrons. The molecule has 0 heterocycles. The monoisotopic (exact) mass is 363 g/mol. The first-order valence-electron chi connectivity index (χ1n) is 11.8. The maximum atomic E-state index is 11.9. The first-order chi connectivity index (χ1) is 12.8. The zero-order valence-electron chi connectivity index (χ0n) is 17.6. The zero-order chi connectivity index (χ0) is 18.7. The third-order valence-electron chi connectivity index (χ3n) is 5.64. The largest absolute Gasteiger partial charge is 0.353 e. The van der Waals surface area contributed by atoms with Gasteiger partial charge in [-0.05, 0) is 44.9 Å². The summed E-state index contributed by atoms with van der Waals surface area (Å²) in [6.45, 7) is 2.28. The number of allylic oxidation sites excluding steroid dienone is 2.